The molecular formula is C15H23NO2. The maximum atomic E-state index is 12.3. The van der Waals surface area contributed by atoms with Crippen molar-refractivity contribution in [3.8, 4) is 5.75 Å². The van der Waals surface area contributed by atoms with Gasteiger partial charge in [-0.3, -0.25) is 4.79 Å². The van der Waals surface area contributed by atoms with Crippen LogP contribution >= 0.6 is 0 Å². The highest BCUT2D eigenvalue weighted by molar-refractivity contribution is 5.90. The molecule has 0 radical (unpaired) electrons. The van der Waals surface area contributed by atoms with Crippen molar-refractivity contribution in [3.63, 3.8) is 0 Å². The van der Waals surface area contributed by atoms with E-state index in [1.165, 1.54) is 0 Å². The van der Waals surface area contributed by atoms with Crippen LogP contribution in [0.4, 0.5) is 0 Å². The average Bonchev–Trinajstić information content (AvgIpc) is 2.38. The second kappa shape index (κ2) is 6.01. The molecule has 18 heavy (non-hydrogen) atoms. The number of methoxy groups -OCH3 is 1. The van der Waals surface area contributed by atoms with E-state index in [1.807, 2.05) is 39.0 Å². The van der Waals surface area contributed by atoms with Crippen molar-refractivity contribution in [3.05, 3.63) is 29.3 Å². The highest BCUT2D eigenvalue weighted by Gasteiger charge is 2.30. The zero-order chi connectivity index (χ0) is 13.8. The first-order valence-corrected chi connectivity index (χ1v) is 6.42. The van der Waals surface area contributed by atoms with E-state index in [9.17, 15) is 4.79 Å². The molecule has 3 heteroatoms. The molecule has 0 bridgehead atoms. The zero-order valence-electron chi connectivity index (χ0n) is 11.7. The molecule has 0 amide bonds. The van der Waals surface area contributed by atoms with Gasteiger partial charge in [-0.2, -0.15) is 0 Å². The number of aryl methyl sites for hydroxylation is 1. The van der Waals surface area contributed by atoms with Gasteiger partial charge in [0.2, 0.25) is 0 Å². The van der Waals surface area contributed by atoms with Gasteiger partial charge in [-0.25, -0.2) is 0 Å². The second-order valence-electron chi connectivity index (χ2n) is 4.78. The smallest absolute Gasteiger partial charge is 0.157 e. The largest absolute Gasteiger partial charge is 0.496 e. The number of carbonyl (C=O) groups excluding carboxylic acids is 1. The summed E-state index contributed by atoms with van der Waals surface area (Å²) in [5.74, 6) is 0.833. The minimum Gasteiger partial charge on any atom is -0.496 e. The third-order valence-electron chi connectivity index (χ3n) is 3.60. The van der Waals surface area contributed by atoms with Crippen LogP contribution in [0.15, 0.2) is 18.2 Å². The minimum absolute atomic E-state index is 0.0800. The highest BCUT2D eigenvalue weighted by atomic mass is 16.5. The Morgan fingerprint density at radius 3 is 2.44 bits per heavy atom. The molecule has 0 spiro atoms. The van der Waals surface area contributed by atoms with Crippen LogP contribution in [0.3, 0.4) is 0 Å². The number of nitrogens with two attached hydrogens (primary N) is 1. The minimum atomic E-state index is -0.714. The molecule has 0 aliphatic carbocycles. The topological polar surface area (TPSA) is 52.3 Å². The quantitative estimate of drug-likeness (QED) is 0.843. The van der Waals surface area contributed by atoms with Crippen LogP contribution in [0.2, 0.25) is 0 Å². The van der Waals surface area contributed by atoms with Gasteiger partial charge in [-0.1, -0.05) is 31.5 Å². The van der Waals surface area contributed by atoms with Crippen molar-refractivity contribution >= 4 is 5.78 Å². The van der Waals surface area contributed by atoms with Gasteiger partial charge in [0.15, 0.2) is 5.78 Å². The maximum absolute atomic E-state index is 12.3. The zero-order valence-corrected chi connectivity index (χ0v) is 11.7. The first kappa shape index (κ1) is 14.7. The lowest BCUT2D eigenvalue weighted by Gasteiger charge is -2.25. The second-order valence-corrected chi connectivity index (χ2v) is 4.78. The summed E-state index contributed by atoms with van der Waals surface area (Å²) in [5.41, 5.74) is 7.45. The number of rotatable bonds is 6. The Kier molecular flexibility index (Phi) is 4.91. The lowest BCUT2D eigenvalue weighted by Crippen LogP contribution is -2.47. The van der Waals surface area contributed by atoms with E-state index < -0.39 is 5.54 Å². The summed E-state index contributed by atoms with van der Waals surface area (Å²) < 4.78 is 5.29. The van der Waals surface area contributed by atoms with Gasteiger partial charge in [-0.05, 0) is 25.8 Å². The molecule has 3 nitrogen and oxygen atoms in total. The number of ketones is 1. The van der Waals surface area contributed by atoms with E-state index in [-0.39, 0.29) is 5.78 Å². The van der Waals surface area contributed by atoms with Crippen molar-refractivity contribution in [2.75, 3.05) is 7.11 Å². The van der Waals surface area contributed by atoms with E-state index in [0.717, 1.165) is 16.9 Å². The monoisotopic (exact) mass is 249 g/mol. The van der Waals surface area contributed by atoms with E-state index in [4.69, 9.17) is 10.5 Å². The number of benzene rings is 1. The van der Waals surface area contributed by atoms with Crippen LogP contribution in [0.5, 0.6) is 5.75 Å². The van der Waals surface area contributed by atoms with Crippen LogP contribution in [0.25, 0.3) is 0 Å². The molecule has 0 atom stereocenters. The normalized spacial score (nSPS) is 11.4. The molecule has 0 unspecified atom stereocenters. The molecule has 0 aromatic heterocycles. The first-order chi connectivity index (χ1) is 8.46. The van der Waals surface area contributed by atoms with Crippen molar-refractivity contribution in [1.29, 1.82) is 0 Å². The molecule has 100 valence electrons. The fourth-order valence-electron chi connectivity index (χ4n) is 2.04. The first-order valence-electron chi connectivity index (χ1n) is 6.42. The van der Waals surface area contributed by atoms with Gasteiger partial charge in [0.1, 0.15) is 5.75 Å². The molecule has 1 aromatic carbocycles. The lowest BCUT2D eigenvalue weighted by atomic mass is 9.85. The molecule has 1 rings (SSSR count). The van der Waals surface area contributed by atoms with Crippen LogP contribution in [-0.4, -0.2) is 18.4 Å². The number of ether oxygens (including phenoxy) is 1. The van der Waals surface area contributed by atoms with Gasteiger partial charge in [0.25, 0.3) is 0 Å². The van der Waals surface area contributed by atoms with Gasteiger partial charge >= 0.3 is 0 Å². The third kappa shape index (κ3) is 3.10. The fourth-order valence-corrected chi connectivity index (χ4v) is 2.04. The molecule has 0 saturated heterocycles. The fraction of sp³-hybridized carbons (Fsp3) is 0.533. The number of hydrogen-bond acceptors (Lipinski definition) is 3. The Morgan fingerprint density at radius 2 is 1.94 bits per heavy atom. The molecule has 0 fully saturated rings. The summed E-state index contributed by atoms with van der Waals surface area (Å²) in [4.78, 5) is 12.3. The molecule has 0 aliphatic rings. The predicted molar refractivity (Wildman–Crippen MR) is 73.9 cm³/mol. The Hall–Kier alpha value is -1.35. The third-order valence-corrected chi connectivity index (χ3v) is 3.60. The van der Waals surface area contributed by atoms with Crippen molar-refractivity contribution in [2.45, 2.75) is 45.6 Å². The van der Waals surface area contributed by atoms with E-state index in [2.05, 4.69) is 0 Å². The maximum Gasteiger partial charge on any atom is 0.157 e. The Balaban J connectivity index is 2.97. The Labute approximate surface area is 109 Å². The average molecular weight is 249 g/mol. The van der Waals surface area contributed by atoms with Crippen molar-refractivity contribution < 1.29 is 9.53 Å². The molecule has 0 saturated carbocycles. The Bertz CT molecular complexity index is 423. The van der Waals surface area contributed by atoms with Crippen LogP contribution < -0.4 is 10.5 Å². The number of carbonyl (C=O) groups is 1. The summed E-state index contributed by atoms with van der Waals surface area (Å²) in [6, 6.07) is 5.86. The van der Waals surface area contributed by atoms with Gasteiger partial charge in [0.05, 0.1) is 12.6 Å². The standard InChI is InChI=1S/C15H23NO2/c1-5-15(16,6-2)14(17)10-12-9-11(3)7-8-13(12)18-4/h7-9H,5-6,10,16H2,1-4H3. The van der Waals surface area contributed by atoms with Crippen LogP contribution in [0, 0.1) is 6.92 Å². The molecule has 1 aromatic rings. The Morgan fingerprint density at radius 1 is 1.33 bits per heavy atom. The molecule has 2 N–H and O–H groups in total. The van der Waals surface area contributed by atoms with Gasteiger partial charge in [0, 0.05) is 12.0 Å². The summed E-state index contributed by atoms with van der Waals surface area (Å²) in [5, 5.41) is 0. The SMILES string of the molecule is CCC(N)(CC)C(=O)Cc1cc(C)ccc1OC. The number of hydrogen-bond donors (Lipinski definition) is 1. The highest BCUT2D eigenvalue weighted by Crippen LogP contribution is 2.23. The summed E-state index contributed by atoms with van der Waals surface area (Å²) >= 11 is 0. The summed E-state index contributed by atoms with van der Waals surface area (Å²) in [7, 11) is 1.62. The number of Topliss-reactive ketones (excluding diaryl/α,β-unsaturated/α-hetero) is 1. The molecule has 0 heterocycles. The van der Waals surface area contributed by atoms with Crippen molar-refractivity contribution in [1.82, 2.24) is 0 Å². The molecular weight excluding hydrogens is 226 g/mol. The lowest BCUT2D eigenvalue weighted by molar-refractivity contribution is -0.123. The van der Waals surface area contributed by atoms with E-state index in [0.29, 0.717) is 19.3 Å². The van der Waals surface area contributed by atoms with E-state index >= 15 is 0 Å². The predicted octanol–water partition coefficient (Wildman–Crippen LogP) is 2.63. The summed E-state index contributed by atoms with van der Waals surface area (Å²) in [6.07, 6.45) is 1.66. The molecule has 0 aliphatic heterocycles. The van der Waals surface area contributed by atoms with Crippen LogP contribution in [-0.2, 0) is 11.2 Å². The summed E-state index contributed by atoms with van der Waals surface area (Å²) in [6.45, 7) is 5.91. The van der Waals surface area contributed by atoms with Crippen LogP contribution in [0.1, 0.15) is 37.8 Å². The van der Waals surface area contributed by atoms with Gasteiger partial charge in [-0.15, -0.1) is 0 Å². The van der Waals surface area contributed by atoms with Crippen molar-refractivity contribution in [2.24, 2.45) is 5.73 Å². The van der Waals surface area contributed by atoms with Gasteiger partial charge < -0.3 is 10.5 Å². The van der Waals surface area contributed by atoms with E-state index in [1.54, 1.807) is 7.11 Å².